The molecule has 0 aliphatic carbocycles. The molecule has 1 atom stereocenters. The number of carbonyl (C=O) groups is 1. The lowest BCUT2D eigenvalue weighted by Crippen LogP contribution is -2.27. The highest BCUT2D eigenvalue weighted by molar-refractivity contribution is 6.42. The second-order valence-corrected chi connectivity index (χ2v) is 6.46. The molecule has 0 fully saturated rings. The lowest BCUT2D eigenvalue weighted by molar-refractivity contribution is -0.155. The SMILES string of the molecule is CC(C)(C)OC(=O)C(C#N)c1cnc2cc(Cl)c(Cl)cc2n1. The van der Waals surface area contributed by atoms with E-state index < -0.39 is 17.5 Å². The van der Waals surface area contributed by atoms with Gasteiger partial charge < -0.3 is 4.74 Å². The van der Waals surface area contributed by atoms with E-state index in [1.54, 1.807) is 32.9 Å². The topological polar surface area (TPSA) is 75.9 Å². The van der Waals surface area contributed by atoms with Crippen LogP contribution in [0, 0.1) is 11.3 Å². The number of fused-ring (bicyclic) bond motifs is 1. The molecule has 5 nitrogen and oxygen atoms in total. The first-order valence-electron chi connectivity index (χ1n) is 6.45. The standard InChI is InChI=1S/C15H13Cl2N3O2/c1-15(2,3)22-14(21)8(6-18)13-7-19-11-4-9(16)10(17)5-12(11)20-13/h4-5,7-8H,1-3H3. The van der Waals surface area contributed by atoms with Crippen LogP contribution in [0.4, 0.5) is 0 Å². The fourth-order valence-corrected chi connectivity index (χ4v) is 2.08. The zero-order valence-electron chi connectivity index (χ0n) is 12.2. The molecule has 0 saturated heterocycles. The molecule has 1 unspecified atom stereocenters. The van der Waals surface area contributed by atoms with E-state index in [1.807, 2.05) is 6.07 Å². The van der Waals surface area contributed by atoms with Crippen LogP contribution in [0.1, 0.15) is 32.4 Å². The molecule has 22 heavy (non-hydrogen) atoms. The van der Waals surface area contributed by atoms with Gasteiger partial charge in [-0.1, -0.05) is 23.2 Å². The molecular formula is C15H13Cl2N3O2. The van der Waals surface area contributed by atoms with E-state index in [0.717, 1.165) is 0 Å². The van der Waals surface area contributed by atoms with Crippen LogP contribution in [-0.4, -0.2) is 21.5 Å². The van der Waals surface area contributed by atoms with Gasteiger partial charge in [0.15, 0.2) is 5.92 Å². The molecule has 114 valence electrons. The van der Waals surface area contributed by atoms with Crippen LogP contribution in [0.25, 0.3) is 11.0 Å². The van der Waals surface area contributed by atoms with E-state index in [4.69, 9.17) is 27.9 Å². The summed E-state index contributed by atoms with van der Waals surface area (Å²) in [7, 11) is 0. The maximum atomic E-state index is 12.1. The highest BCUT2D eigenvalue weighted by Crippen LogP contribution is 2.27. The van der Waals surface area contributed by atoms with Crippen LogP contribution >= 0.6 is 23.2 Å². The molecule has 2 rings (SSSR count). The molecule has 0 amide bonds. The highest BCUT2D eigenvalue weighted by Gasteiger charge is 2.28. The highest BCUT2D eigenvalue weighted by atomic mass is 35.5. The molecule has 0 N–H and O–H groups in total. The molecule has 0 aliphatic heterocycles. The summed E-state index contributed by atoms with van der Waals surface area (Å²) in [6.45, 7) is 5.19. The number of nitriles is 1. The van der Waals surface area contributed by atoms with Crippen LogP contribution in [-0.2, 0) is 9.53 Å². The van der Waals surface area contributed by atoms with Crippen LogP contribution in [0.3, 0.4) is 0 Å². The Morgan fingerprint density at radius 1 is 1.27 bits per heavy atom. The fourth-order valence-electron chi connectivity index (χ4n) is 1.76. The average Bonchev–Trinajstić information content (AvgIpc) is 2.39. The number of aromatic nitrogens is 2. The van der Waals surface area contributed by atoms with Gasteiger partial charge >= 0.3 is 5.97 Å². The molecule has 0 bridgehead atoms. The number of carbonyl (C=O) groups excluding carboxylic acids is 1. The molecule has 0 spiro atoms. The predicted molar refractivity (Wildman–Crippen MR) is 83.8 cm³/mol. The number of esters is 1. The molecule has 1 heterocycles. The Balaban J connectivity index is 2.42. The Hall–Kier alpha value is -1.90. The van der Waals surface area contributed by atoms with Gasteiger partial charge in [0.2, 0.25) is 0 Å². The first kappa shape index (κ1) is 16.5. The van der Waals surface area contributed by atoms with Crippen LogP contribution < -0.4 is 0 Å². The van der Waals surface area contributed by atoms with E-state index in [1.165, 1.54) is 6.20 Å². The van der Waals surface area contributed by atoms with Crippen molar-refractivity contribution in [1.29, 1.82) is 5.26 Å². The minimum absolute atomic E-state index is 0.211. The van der Waals surface area contributed by atoms with Crippen molar-refractivity contribution < 1.29 is 9.53 Å². The smallest absolute Gasteiger partial charge is 0.330 e. The normalized spacial score (nSPS) is 12.7. The Morgan fingerprint density at radius 2 is 1.86 bits per heavy atom. The first-order valence-corrected chi connectivity index (χ1v) is 7.21. The van der Waals surface area contributed by atoms with Crippen molar-refractivity contribution >= 4 is 40.2 Å². The Bertz CT molecular complexity index is 779. The largest absolute Gasteiger partial charge is 0.459 e. The third-order valence-corrected chi connectivity index (χ3v) is 3.39. The summed E-state index contributed by atoms with van der Waals surface area (Å²) < 4.78 is 5.22. The van der Waals surface area contributed by atoms with Gasteiger partial charge in [0.1, 0.15) is 5.60 Å². The zero-order valence-corrected chi connectivity index (χ0v) is 13.7. The molecule has 1 aromatic heterocycles. The minimum Gasteiger partial charge on any atom is -0.459 e. The van der Waals surface area contributed by atoms with E-state index in [-0.39, 0.29) is 5.69 Å². The van der Waals surface area contributed by atoms with Crippen LogP contribution in [0.15, 0.2) is 18.3 Å². The summed E-state index contributed by atoms with van der Waals surface area (Å²) >= 11 is 11.9. The zero-order chi connectivity index (χ0) is 16.5. The Morgan fingerprint density at radius 3 is 2.41 bits per heavy atom. The number of rotatable bonds is 2. The number of halogens is 2. The number of hydrogen-bond donors (Lipinski definition) is 0. The van der Waals surface area contributed by atoms with E-state index >= 15 is 0 Å². The van der Waals surface area contributed by atoms with Gasteiger partial charge in [0.25, 0.3) is 0 Å². The molecule has 1 aromatic carbocycles. The molecule has 0 radical (unpaired) electrons. The van der Waals surface area contributed by atoms with Gasteiger partial charge in [-0.15, -0.1) is 0 Å². The fraction of sp³-hybridized carbons (Fsp3) is 0.333. The second-order valence-electron chi connectivity index (χ2n) is 5.65. The van der Waals surface area contributed by atoms with Crippen LogP contribution in [0.5, 0.6) is 0 Å². The summed E-state index contributed by atoms with van der Waals surface area (Å²) in [5.41, 5.74) is 0.505. The lowest BCUT2D eigenvalue weighted by Gasteiger charge is -2.21. The second kappa shape index (κ2) is 6.07. The Kier molecular flexibility index (Phi) is 4.55. The van der Waals surface area contributed by atoms with E-state index in [0.29, 0.717) is 21.1 Å². The lowest BCUT2D eigenvalue weighted by atomic mass is 10.1. The summed E-state index contributed by atoms with van der Waals surface area (Å²) in [5.74, 6) is -1.81. The van der Waals surface area contributed by atoms with Crippen molar-refractivity contribution in [3.8, 4) is 6.07 Å². The Labute approximate surface area is 137 Å². The monoisotopic (exact) mass is 337 g/mol. The quantitative estimate of drug-likeness (QED) is 0.777. The van der Waals surface area contributed by atoms with Gasteiger partial charge in [0, 0.05) is 0 Å². The molecule has 0 saturated carbocycles. The maximum Gasteiger partial charge on any atom is 0.330 e. The maximum absolute atomic E-state index is 12.1. The van der Waals surface area contributed by atoms with Crippen molar-refractivity contribution in [2.45, 2.75) is 32.3 Å². The average molecular weight is 338 g/mol. The van der Waals surface area contributed by atoms with Gasteiger partial charge in [0.05, 0.1) is 39.0 Å². The summed E-state index contributed by atoms with van der Waals surface area (Å²) in [6.07, 6.45) is 1.37. The van der Waals surface area contributed by atoms with Crippen molar-refractivity contribution in [2.24, 2.45) is 0 Å². The van der Waals surface area contributed by atoms with Crippen molar-refractivity contribution in [2.75, 3.05) is 0 Å². The number of nitrogens with zero attached hydrogens (tertiary/aromatic N) is 3. The number of benzene rings is 1. The summed E-state index contributed by atoms with van der Waals surface area (Å²) in [4.78, 5) is 20.5. The van der Waals surface area contributed by atoms with Crippen molar-refractivity contribution in [3.63, 3.8) is 0 Å². The number of hydrogen-bond acceptors (Lipinski definition) is 5. The predicted octanol–water partition coefficient (Wildman–Crippen LogP) is 3.89. The van der Waals surface area contributed by atoms with Gasteiger partial charge in [-0.05, 0) is 32.9 Å². The molecule has 7 heteroatoms. The minimum atomic E-state index is -1.15. The summed E-state index contributed by atoms with van der Waals surface area (Å²) in [6, 6.07) is 5.01. The number of ether oxygens (including phenoxy) is 1. The van der Waals surface area contributed by atoms with Gasteiger partial charge in [-0.25, -0.2) is 4.98 Å². The van der Waals surface area contributed by atoms with Crippen molar-refractivity contribution in [1.82, 2.24) is 9.97 Å². The van der Waals surface area contributed by atoms with Gasteiger partial charge in [-0.3, -0.25) is 9.78 Å². The third-order valence-electron chi connectivity index (χ3n) is 2.67. The summed E-state index contributed by atoms with van der Waals surface area (Å²) in [5, 5.41) is 9.94. The molecule has 0 aliphatic rings. The third kappa shape index (κ3) is 3.65. The molecular weight excluding hydrogens is 325 g/mol. The van der Waals surface area contributed by atoms with E-state index in [2.05, 4.69) is 9.97 Å². The van der Waals surface area contributed by atoms with E-state index in [9.17, 15) is 10.1 Å². The van der Waals surface area contributed by atoms with Gasteiger partial charge in [-0.2, -0.15) is 5.26 Å². The molecule has 2 aromatic rings. The van der Waals surface area contributed by atoms with Crippen LogP contribution in [0.2, 0.25) is 10.0 Å². The van der Waals surface area contributed by atoms with Crippen molar-refractivity contribution in [3.05, 3.63) is 34.1 Å². The first-order chi connectivity index (χ1) is 10.2.